The number of hydrogen-bond donors (Lipinski definition) is 1. The van der Waals surface area contributed by atoms with Crippen molar-refractivity contribution in [3.8, 4) is 0 Å². The number of rotatable bonds is 1. The summed E-state index contributed by atoms with van der Waals surface area (Å²) >= 11 is 6.39. The van der Waals surface area contributed by atoms with Crippen molar-refractivity contribution in [1.29, 1.82) is 0 Å². The maximum atomic E-state index is 6.39. The molecule has 0 spiro atoms. The molecule has 0 fully saturated rings. The molecule has 0 saturated carbocycles. The summed E-state index contributed by atoms with van der Waals surface area (Å²) in [6, 6.07) is 8.48. The Balaban J connectivity index is 1.79. The molecule has 4 rings (SSSR count). The first-order chi connectivity index (χ1) is 10.3. The fourth-order valence-electron chi connectivity index (χ4n) is 3.16. The van der Waals surface area contributed by atoms with Gasteiger partial charge in [-0.1, -0.05) is 29.8 Å². The molecule has 21 heavy (non-hydrogen) atoms. The minimum absolute atomic E-state index is 0.611. The number of benzene rings is 1. The third kappa shape index (κ3) is 2.28. The smallest absolute Gasteiger partial charge is 0.231 e. The molecule has 0 atom stereocenters. The van der Waals surface area contributed by atoms with Crippen LogP contribution in [0, 0.1) is 0 Å². The van der Waals surface area contributed by atoms with Gasteiger partial charge < -0.3 is 10.2 Å². The van der Waals surface area contributed by atoms with Crippen LogP contribution < -0.4 is 10.2 Å². The summed E-state index contributed by atoms with van der Waals surface area (Å²) in [5.41, 5.74) is 4.71. The number of para-hydroxylation sites is 1. The predicted octanol–water partition coefficient (Wildman–Crippen LogP) is 2.86. The van der Waals surface area contributed by atoms with Crippen LogP contribution in [0.4, 0.5) is 11.6 Å². The summed E-state index contributed by atoms with van der Waals surface area (Å²) in [5, 5.41) is 3.96. The Bertz CT molecular complexity index is 686. The highest BCUT2D eigenvalue weighted by Gasteiger charge is 2.23. The predicted molar refractivity (Wildman–Crippen MR) is 84.2 cm³/mol. The van der Waals surface area contributed by atoms with E-state index in [1.54, 1.807) is 0 Å². The molecule has 0 aliphatic carbocycles. The van der Waals surface area contributed by atoms with Crippen LogP contribution >= 0.6 is 11.6 Å². The lowest BCUT2D eigenvalue weighted by Gasteiger charge is -2.30. The van der Waals surface area contributed by atoms with E-state index in [0.717, 1.165) is 56.1 Å². The molecule has 1 aromatic carbocycles. The van der Waals surface area contributed by atoms with E-state index < -0.39 is 0 Å². The molecule has 0 radical (unpaired) electrons. The molecule has 2 aromatic rings. The molecular formula is C16H17ClN4. The number of nitrogens with zero attached hydrogens (tertiary/aromatic N) is 3. The summed E-state index contributed by atoms with van der Waals surface area (Å²) in [4.78, 5) is 11.5. The normalized spacial score (nSPS) is 17.3. The highest BCUT2D eigenvalue weighted by atomic mass is 35.5. The highest BCUT2D eigenvalue weighted by molar-refractivity contribution is 6.30. The van der Waals surface area contributed by atoms with Crippen molar-refractivity contribution in [2.24, 2.45) is 0 Å². The Hall–Kier alpha value is -1.65. The zero-order valence-electron chi connectivity index (χ0n) is 11.8. The molecular weight excluding hydrogens is 284 g/mol. The van der Waals surface area contributed by atoms with Crippen LogP contribution in [0.3, 0.4) is 0 Å². The zero-order chi connectivity index (χ0) is 14.2. The summed E-state index contributed by atoms with van der Waals surface area (Å²) in [7, 11) is 0. The molecule has 1 N–H and O–H groups in total. The maximum absolute atomic E-state index is 6.39. The molecule has 0 saturated heterocycles. The van der Waals surface area contributed by atoms with E-state index in [0.29, 0.717) is 5.15 Å². The van der Waals surface area contributed by atoms with Gasteiger partial charge in [0.2, 0.25) is 5.95 Å². The van der Waals surface area contributed by atoms with Gasteiger partial charge in [-0.3, -0.25) is 0 Å². The van der Waals surface area contributed by atoms with E-state index in [1.807, 2.05) is 0 Å². The molecule has 2 aliphatic heterocycles. The third-order valence-electron chi connectivity index (χ3n) is 4.23. The van der Waals surface area contributed by atoms with Crippen molar-refractivity contribution in [2.75, 3.05) is 18.0 Å². The fourth-order valence-corrected chi connectivity index (χ4v) is 3.44. The second-order valence-electron chi connectivity index (χ2n) is 5.55. The molecule has 1 aromatic heterocycles. The van der Waals surface area contributed by atoms with Gasteiger partial charge in [-0.05, 0) is 37.4 Å². The SMILES string of the molecule is Clc1nc(N2CCCc3ccccc32)nc2c1CCNC2. The lowest BCUT2D eigenvalue weighted by atomic mass is 10.0. The van der Waals surface area contributed by atoms with Gasteiger partial charge in [0, 0.05) is 24.3 Å². The second kappa shape index (κ2) is 5.28. The van der Waals surface area contributed by atoms with Crippen LogP contribution in [-0.2, 0) is 19.4 Å². The zero-order valence-corrected chi connectivity index (χ0v) is 12.5. The van der Waals surface area contributed by atoms with E-state index in [1.165, 1.54) is 11.3 Å². The Labute approximate surface area is 129 Å². The number of anilines is 2. The van der Waals surface area contributed by atoms with E-state index in [2.05, 4.69) is 39.5 Å². The van der Waals surface area contributed by atoms with Gasteiger partial charge in [-0.25, -0.2) is 9.97 Å². The first-order valence-electron chi connectivity index (χ1n) is 7.44. The number of hydrogen-bond acceptors (Lipinski definition) is 4. The van der Waals surface area contributed by atoms with E-state index in [4.69, 9.17) is 16.6 Å². The largest absolute Gasteiger partial charge is 0.311 e. The van der Waals surface area contributed by atoms with Gasteiger partial charge in [-0.2, -0.15) is 0 Å². The number of nitrogens with one attached hydrogen (secondary N) is 1. The molecule has 3 heterocycles. The summed E-state index contributed by atoms with van der Waals surface area (Å²) in [6.07, 6.45) is 3.14. The van der Waals surface area contributed by atoms with Gasteiger partial charge in [0.1, 0.15) is 5.15 Å². The number of aromatic nitrogens is 2. The van der Waals surface area contributed by atoms with Crippen LogP contribution in [0.2, 0.25) is 5.15 Å². The van der Waals surface area contributed by atoms with Gasteiger partial charge >= 0.3 is 0 Å². The monoisotopic (exact) mass is 300 g/mol. The molecule has 0 amide bonds. The average molecular weight is 301 g/mol. The Morgan fingerprint density at radius 1 is 1.14 bits per heavy atom. The van der Waals surface area contributed by atoms with Gasteiger partial charge in [-0.15, -0.1) is 0 Å². The number of aryl methyl sites for hydroxylation is 1. The Morgan fingerprint density at radius 2 is 2.05 bits per heavy atom. The number of halogens is 1. The maximum Gasteiger partial charge on any atom is 0.231 e. The van der Waals surface area contributed by atoms with Gasteiger partial charge in [0.15, 0.2) is 0 Å². The van der Waals surface area contributed by atoms with Gasteiger partial charge in [0.05, 0.1) is 5.69 Å². The van der Waals surface area contributed by atoms with Crippen molar-refractivity contribution >= 4 is 23.2 Å². The molecule has 5 heteroatoms. The summed E-state index contributed by atoms with van der Waals surface area (Å²) in [6.45, 7) is 2.67. The van der Waals surface area contributed by atoms with E-state index >= 15 is 0 Å². The fraction of sp³-hybridized carbons (Fsp3) is 0.375. The summed E-state index contributed by atoms with van der Waals surface area (Å²) in [5.74, 6) is 0.731. The van der Waals surface area contributed by atoms with Crippen LogP contribution in [0.15, 0.2) is 24.3 Å². The minimum atomic E-state index is 0.611. The van der Waals surface area contributed by atoms with E-state index in [9.17, 15) is 0 Å². The molecule has 108 valence electrons. The lowest BCUT2D eigenvalue weighted by molar-refractivity contribution is 0.620. The molecule has 0 unspecified atom stereocenters. The van der Waals surface area contributed by atoms with Gasteiger partial charge in [0.25, 0.3) is 0 Å². The quantitative estimate of drug-likeness (QED) is 0.822. The lowest BCUT2D eigenvalue weighted by Crippen LogP contribution is -2.29. The second-order valence-corrected chi connectivity index (χ2v) is 5.91. The third-order valence-corrected chi connectivity index (χ3v) is 4.54. The minimum Gasteiger partial charge on any atom is -0.311 e. The van der Waals surface area contributed by atoms with Crippen LogP contribution in [0.1, 0.15) is 23.2 Å². The highest BCUT2D eigenvalue weighted by Crippen LogP contribution is 2.33. The Morgan fingerprint density at radius 3 is 3.00 bits per heavy atom. The topological polar surface area (TPSA) is 41.1 Å². The van der Waals surface area contributed by atoms with Crippen molar-refractivity contribution in [3.05, 3.63) is 46.2 Å². The average Bonchev–Trinajstić information content (AvgIpc) is 2.54. The standard InChI is InChI=1S/C16H17ClN4/c17-15-12-7-8-18-10-13(12)19-16(20-15)21-9-3-5-11-4-1-2-6-14(11)21/h1-2,4,6,18H,3,5,7-10H2. The molecule has 2 aliphatic rings. The number of fused-ring (bicyclic) bond motifs is 2. The Kier molecular flexibility index (Phi) is 3.28. The molecule has 4 nitrogen and oxygen atoms in total. The van der Waals surface area contributed by atoms with Crippen molar-refractivity contribution in [1.82, 2.24) is 15.3 Å². The van der Waals surface area contributed by atoms with E-state index in [-0.39, 0.29) is 0 Å². The van der Waals surface area contributed by atoms with Crippen molar-refractivity contribution < 1.29 is 0 Å². The first-order valence-corrected chi connectivity index (χ1v) is 7.82. The first kappa shape index (κ1) is 13.0. The molecule has 0 bridgehead atoms. The van der Waals surface area contributed by atoms with Crippen LogP contribution in [0.5, 0.6) is 0 Å². The van der Waals surface area contributed by atoms with Crippen molar-refractivity contribution in [2.45, 2.75) is 25.8 Å². The van der Waals surface area contributed by atoms with Crippen LogP contribution in [-0.4, -0.2) is 23.1 Å². The summed E-state index contributed by atoms with van der Waals surface area (Å²) < 4.78 is 0. The van der Waals surface area contributed by atoms with Crippen molar-refractivity contribution in [3.63, 3.8) is 0 Å². The van der Waals surface area contributed by atoms with Crippen LogP contribution in [0.25, 0.3) is 0 Å².